The molecule has 0 amide bonds. The first kappa shape index (κ1) is 15.6. The van der Waals surface area contributed by atoms with Gasteiger partial charge in [-0.15, -0.1) is 0 Å². The standard InChI is InChI=1S/C15H19N3O2S/c1-11(2)13-4-6-15(7-5-13)21(19,20)18-10-14-9-16-12(3)8-17-14/h4-9,11,18H,10H2,1-3H3. The first-order valence-corrected chi connectivity index (χ1v) is 8.24. The summed E-state index contributed by atoms with van der Waals surface area (Å²) in [4.78, 5) is 8.47. The minimum absolute atomic E-state index is 0.127. The molecule has 21 heavy (non-hydrogen) atoms. The Labute approximate surface area is 125 Å². The third-order valence-electron chi connectivity index (χ3n) is 3.13. The smallest absolute Gasteiger partial charge is 0.240 e. The largest absolute Gasteiger partial charge is 0.258 e. The van der Waals surface area contributed by atoms with E-state index in [1.54, 1.807) is 24.5 Å². The van der Waals surface area contributed by atoms with Crippen molar-refractivity contribution in [3.63, 3.8) is 0 Å². The van der Waals surface area contributed by atoms with Crippen LogP contribution in [-0.4, -0.2) is 18.4 Å². The van der Waals surface area contributed by atoms with Crippen LogP contribution in [0.25, 0.3) is 0 Å². The molecule has 5 nitrogen and oxygen atoms in total. The van der Waals surface area contributed by atoms with Crippen LogP contribution < -0.4 is 4.72 Å². The molecule has 1 aromatic heterocycles. The summed E-state index contributed by atoms with van der Waals surface area (Å²) in [7, 11) is -3.53. The Morgan fingerprint density at radius 2 is 1.76 bits per heavy atom. The van der Waals surface area contributed by atoms with E-state index in [0.717, 1.165) is 11.3 Å². The molecule has 0 spiro atoms. The molecular weight excluding hydrogens is 286 g/mol. The molecule has 0 unspecified atom stereocenters. The van der Waals surface area contributed by atoms with Crippen molar-refractivity contribution in [2.75, 3.05) is 0 Å². The van der Waals surface area contributed by atoms with Crippen molar-refractivity contribution in [1.29, 1.82) is 0 Å². The van der Waals surface area contributed by atoms with E-state index < -0.39 is 10.0 Å². The summed E-state index contributed by atoms with van der Waals surface area (Å²) < 4.78 is 26.9. The summed E-state index contributed by atoms with van der Waals surface area (Å²) >= 11 is 0. The lowest BCUT2D eigenvalue weighted by Crippen LogP contribution is -2.23. The van der Waals surface area contributed by atoms with Crippen LogP contribution in [0.5, 0.6) is 0 Å². The van der Waals surface area contributed by atoms with E-state index in [-0.39, 0.29) is 11.4 Å². The summed E-state index contributed by atoms with van der Waals surface area (Å²) in [5.41, 5.74) is 2.49. The maximum atomic E-state index is 12.2. The fourth-order valence-corrected chi connectivity index (χ4v) is 2.79. The first-order valence-electron chi connectivity index (χ1n) is 6.75. The highest BCUT2D eigenvalue weighted by Gasteiger charge is 2.14. The van der Waals surface area contributed by atoms with Crippen molar-refractivity contribution >= 4 is 10.0 Å². The predicted octanol–water partition coefficient (Wildman–Crippen LogP) is 2.39. The van der Waals surface area contributed by atoms with E-state index >= 15 is 0 Å². The lowest BCUT2D eigenvalue weighted by Gasteiger charge is -2.09. The van der Waals surface area contributed by atoms with Gasteiger partial charge < -0.3 is 0 Å². The SMILES string of the molecule is Cc1cnc(CNS(=O)(=O)c2ccc(C(C)C)cc2)cn1. The molecule has 0 aliphatic carbocycles. The number of hydrogen-bond donors (Lipinski definition) is 1. The van der Waals surface area contributed by atoms with Crippen LogP contribution in [0.2, 0.25) is 0 Å². The number of nitrogens with one attached hydrogen (secondary N) is 1. The van der Waals surface area contributed by atoms with Gasteiger partial charge in [-0.1, -0.05) is 26.0 Å². The van der Waals surface area contributed by atoms with Crippen LogP contribution in [0.1, 0.15) is 36.7 Å². The Hall–Kier alpha value is -1.79. The average Bonchev–Trinajstić information content (AvgIpc) is 2.47. The minimum Gasteiger partial charge on any atom is -0.258 e. The molecule has 0 atom stereocenters. The van der Waals surface area contributed by atoms with Gasteiger partial charge in [0.1, 0.15) is 0 Å². The fourth-order valence-electron chi connectivity index (χ4n) is 1.79. The van der Waals surface area contributed by atoms with Gasteiger partial charge in [-0.2, -0.15) is 0 Å². The van der Waals surface area contributed by atoms with E-state index in [1.165, 1.54) is 0 Å². The lowest BCUT2D eigenvalue weighted by molar-refractivity contribution is 0.580. The van der Waals surface area contributed by atoms with E-state index in [4.69, 9.17) is 0 Å². The van der Waals surface area contributed by atoms with Gasteiger partial charge in [0.05, 0.1) is 29.0 Å². The second-order valence-corrected chi connectivity index (χ2v) is 6.96. The van der Waals surface area contributed by atoms with Crippen molar-refractivity contribution in [3.8, 4) is 0 Å². The number of benzene rings is 1. The number of nitrogens with zero attached hydrogens (tertiary/aromatic N) is 2. The third kappa shape index (κ3) is 4.09. The Kier molecular flexibility index (Phi) is 4.69. The van der Waals surface area contributed by atoms with Gasteiger partial charge in [-0.3, -0.25) is 9.97 Å². The van der Waals surface area contributed by atoms with Crippen LogP contribution in [0, 0.1) is 6.92 Å². The van der Waals surface area contributed by atoms with Gasteiger partial charge >= 0.3 is 0 Å². The number of aromatic nitrogens is 2. The predicted molar refractivity (Wildman–Crippen MR) is 81.3 cm³/mol. The molecule has 0 radical (unpaired) electrons. The Bertz CT molecular complexity index is 693. The molecule has 0 aliphatic heterocycles. The van der Waals surface area contributed by atoms with Gasteiger partial charge in [0.2, 0.25) is 10.0 Å². The molecule has 0 saturated carbocycles. The van der Waals surface area contributed by atoms with Crippen LogP contribution in [0.3, 0.4) is 0 Å². The highest BCUT2D eigenvalue weighted by Crippen LogP contribution is 2.17. The zero-order chi connectivity index (χ0) is 15.5. The Morgan fingerprint density at radius 1 is 1.10 bits per heavy atom. The second kappa shape index (κ2) is 6.32. The molecule has 1 heterocycles. The van der Waals surface area contributed by atoms with Gasteiger partial charge in [-0.25, -0.2) is 13.1 Å². The molecule has 0 saturated heterocycles. The number of rotatable bonds is 5. The second-order valence-electron chi connectivity index (χ2n) is 5.20. The number of hydrogen-bond acceptors (Lipinski definition) is 4. The molecule has 6 heteroatoms. The molecule has 2 rings (SSSR count). The zero-order valence-corrected chi connectivity index (χ0v) is 13.2. The maximum Gasteiger partial charge on any atom is 0.240 e. The van der Waals surface area contributed by atoms with Gasteiger partial charge in [-0.05, 0) is 30.5 Å². The summed E-state index contributed by atoms with van der Waals surface area (Å²) in [6.07, 6.45) is 3.18. The number of sulfonamides is 1. The van der Waals surface area contributed by atoms with E-state index in [1.807, 2.05) is 19.1 Å². The van der Waals surface area contributed by atoms with Crippen molar-refractivity contribution in [2.24, 2.45) is 0 Å². The monoisotopic (exact) mass is 305 g/mol. The molecule has 0 bridgehead atoms. The Morgan fingerprint density at radius 3 is 2.29 bits per heavy atom. The molecule has 112 valence electrons. The van der Waals surface area contributed by atoms with Gasteiger partial charge in [0.15, 0.2) is 0 Å². The molecule has 1 aromatic carbocycles. The van der Waals surface area contributed by atoms with Gasteiger partial charge in [0, 0.05) is 6.20 Å². The van der Waals surface area contributed by atoms with Gasteiger partial charge in [0.25, 0.3) is 0 Å². The van der Waals surface area contributed by atoms with Crippen molar-refractivity contribution in [2.45, 2.75) is 38.1 Å². The van der Waals surface area contributed by atoms with Crippen LogP contribution in [0.15, 0.2) is 41.6 Å². The summed E-state index contributed by atoms with van der Waals surface area (Å²) in [6.45, 7) is 6.09. The molecule has 0 fully saturated rings. The molecule has 1 N–H and O–H groups in total. The van der Waals surface area contributed by atoms with E-state index in [2.05, 4.69) is 28.5 Å². The van der Waals surface area contributed by atoms with Crippen molar-refractivity contribution in [1.82, 2.24) is 14.7 Å². The minimum atomic E-state index is -3.53. The molecule has 0 aliphatic rings. The summed E-state index contributed by atoms with van der Waals surface area (Å²) in [6, 6.07) is 6.92. The Balaban J connectivity index is 2.09. The maximum absolute atomic E-state index is 12.2. The highest BCUT2D eigenvalue weighted by molar-refractivity contribution is 7.89. The zero-order valence-electron chi connectivity index (χ0n) is 12.4. The fraction of sp³-hybridized carbons (Fsp3) is 0.333. The van der Waals surface area contributed by atoms with Crippen molar-refractivity contribution < 1.29 is 8.42 Å². The number of aryl methyl sites for hydroxylation is 1. The van der Waals surface area contributed by atoms with Crippen LogP contribution in [0.4, 0.5) is 0 Å². The van der Waals surface area contributed by atoms with Crippen molar-refractivity contribution in [3.05, 3.63) is 53.6 Å². The summed E-state index contributed by atoms with van der Waals surface area (Å²) in [5, 5.41) is 0. The topological polar surface area (TPSA) is 72.0 Å². The van der Waals surface area contributed by atoms with Crippen LogP contribution in [-0.2, 0) is 16.6 Å². The van der Waals surface area contributed by atoms with Crippen LogP contribution >= 0.6 is 0 Å². The molecule has 2 aromatic rings. The molecular formula is C15H19N3O2S. The highest BCUT2D eigenvalue weighted by atomic mass is 32.2. The lowest BCUT2D eigenvalue weighted by atomic mass is 10.0. The first-order chi connectivity index (χ1) is 9.88. The average molecular weight is 305 g/mol. The third-order valence-corrected chi connectivity index (χ3v) is 4.55. The quantitative estimate of drug-likeness (QED) is 0.920. The summed E-state index contributed by atoms with van der Waals surface area (Å²) in [5.74, 6) is 0.373. The van der Waals surface area contributed by atoms with E-state index in [9.17, 15) is 8.42 Å². The van der Waals surface area contributed by atoms with E-state index in [0.29, 0.717) is 11.6 Å². The normalized spacial score (nSPS) is 11.8.